The van der Waals surface area contributed by atoms with Crippen molar-refractivity contribution in [2.24, 2.45) is 0 Å². The average molecular weight is 383 g/mol. The zero-order valence-corrected chi connectivity index (χ0v) is 17.0. The first-order chi connectivity index (χ1) is 13.5. The van der Waals surface area contributed by atoms with E-state index in [1.165, 1.54) is 0 Å². The molecule has 1 unspecified atom stereocenters. The maximum absolute atomic E-state index is 12.6. The number of likely N-dealkylation sites (N-methyl/N-ethyl adjacent to an activating group) is 1. The smallest absolute Gasteiger partial charge is 0.261 e. The molecule has 0 N–H and O–H groups in total. The lowest BCUT2D eigenvalue weighted by molar-refractivity contribution is -0.138. The number of likely N-dealkylation sites (tertiary alicyclic amines) is 1. The van der Waals surface area contributed by atoms with Crippen LogP contribution in [0.5, 0.6) is 0 Å². The number of fused-ring (bicyclic) bond motifs is 1. The van der Waals surface area contributed by atoms with Gasteiger partial charge in [0.05, 0.1) is 23.3 Å². The molecule has 7 nitrogen and oxygen atoms in total. The standard InChI is InChI=1S/C21H29N5O2/c1-15(2)26-14-22-18-13-16(6-7-17(18)20(26)27)24-9-11-25(12-10-24)19-5-4-8-23(3)21(19)28/h6-7,13-15,19H,4-5,8-12H2,1-3H3. The Bertz CT molecular complexity index is 930. The van der Waals surface area contributed by atoms with Crippen LogP contribution in [0.1, 0.15) is 32.7 Å². The summed E-state index contributed by atoms with van der Waals surface area (Å²) in [6, 6.07) is 6.06. The summed E-state index contributed by atoms with van der Waals surface area (Å²) >= 11 is 0. The zero-order chi connectivity index (χ0) is 19.8. The second kappa shape index (κ2) is 7.54. The number of hydrogen-bond donors (Lipinski definition) is 0. The number of nitrogens with zero attached hydrogens (tertiary/aromatic N) is 5. The van der Waals surface area contributed by atoms with Crippen LogP contribution in [0.4, 0.5) is 5.69 Å². The first kappa shape index (κ1) is 18.9. The summed E-state index contributed by atoms with van der Waals surface area (Å²) in [5, 5.41) is 0.662. The molecule has 1 amide bonds. The number of piperazine rings is 1. The Kier molecular flexibility index (Phi) is 5.10. The van der Waals surface area contributed by atoms with Crippen molar-refractivity contribution in [3.8, 4) is 0 Å². The number of anilines is 1. The maximum Gasteiger partial charge on any atom is 0.261 e. The second-order valence-electron chi connectivity index (χ2n) is 8.19. The van der Waals surface area contributed by atoms with Crippen LogP contribution < -0.4 is 10.5 Å². The van der Waals surface area contributed by atoms with Crippen molar-refractivity contribution < 1.29 is 4.79 Å². The van der Waals surface area contributed by atoms with Crippen LogP contribution >= 0.6 is 0 Å². The summed E-state index contributed by atoms with van der Waals surface area (Å²) in [4.78, 5) is 36.1. The van der Waals surface area contributed by atoms with Gasteiger partial charge in [-0.05, 0) is 44.9 Å². The summed E-state index contributed by atoms with van der Waals surface area (Å²) in [7, 11) is 1.90. The van der Waals surface area contributed by atoms with E-state index in [0.29, 0.717) is 5.39 Å². The maximum atomic E-state index is 12.6. The van der Waals surface area contributed by atoms with E-state index in [-0.39, 0.29) is 23.6 Å². The number of piperidine rings is 1. The van der Waals surface area contributed by atoms with Crippen molar-refractivity contribution in [1.82, 2.24) is 19.4 Å². The molecule has 3 heterocycles. The van der Waals surface area contributed by atoms with Crippen molar-refractivity contribution in [2.45, 2.75) is 38.8 Å². The molecule has 7 heteroatoms. The summed E-state index contributed by atoms with van der Waals surface area (Å²) in [5.41, 5.74) is 1.84. The lowest BCUT2D eigenvalue weighted by Gasteiger charge is -2.42. The van der Waals surface area contributed by atoms with Gasteiger partial charge in [-0.25, -0.2) is 4.98 Å². The van der Waals surface area contributed by atoms with Crippen molar-refractivity contribution in [3.05, 3.63) is 34.9 Å². The minimum Gasteiger partial charge on any atom is -0.369 e. The van der Waals surface area contributed by atoms with Gasteiger partial charge < -0.3 is 9.80 Å². The lowest BCUT2D eigenvalue weighted by atomic mass is 10.0. The zero-order valence-electron chi connectivity index (χ0n) is 17.0. The molecule has 1 atom stereocenters. The van der Waals surface area contributed by atoms with Crippen molar-refractivity contribution in [1.29, 1.82) is 0 Å². The van der Waals surface area contributed by atoms with Crippen LogP contribution in [0.2, 0.25) is 0 Å². The van der Waals surface area contributed by atoms with E-state index < -0.39 is 0 Å². The van der Waals surface area contributed by atoms with Gasteiger partial charge in [0.2, 0.25) is 5.91 Å². The van der Waals surface area contributed by atoms with Gasteiger partial charge in [-0.3, -0.25) is 19.1 Å². The largest absolute Gasteiger partial charge is 0.369 e. The van der Waals surface area contributed by atoms with Crippen LogP contribution in [0.25, 0.3) is 10.9 Å². The van der Waals surface area contributed by atoms with E-state index >= 15 is 0 Å². The van der Waals surface area contributed by atoms with Crippen molar-refractivity contribution >= 4 is 22.5 Å². The number of aromatic nitrogens is 2. The van der Waals surface area contributed by atoms with Crippen LogP contribution in [-0.2, 0) is 4.79 Å². The number of carbonyl (C=O) groups is 1. The summed E-state index contributed by atoms with van der Waals surface area (Å²) in [6.07, 6.45) is 3.69. The highest BCUT2D eigenvalue weighted by Crippen LogP contribution is 2.23. The first-order valence-electron chi connectivity index (χ1n) is 10.2. The molecule has 2 aliphatic rings. The molecule has 0 aliphatic carbocycles. The van der Waals surface area contributed by atoms with Gasteiger partial charge in [0.1, 0.15) is 0 Å². The van der Waals surface area contributed by atoms with Gasteiger partial charge >= 0.3 is 0 Å². The van der Waals surface area contributed by atoms with Crippen LogP contribution in [0, 0.1) is 0 Å². The molecule has 0 bridgehead atoms. The van der Waals surface area contributed by atoms with E-state index in [9.17, 15) is 9.59 Å². The Balaban J connectivity index is 1.49. The first-order valence-corrected chi connectivity index (χ1v) is 10.2. The average Bonchev–Trinajstić information content (AvgIpc) is 2.70. The molecule has 2 aliphatic heterocycles. The van der Waals surface area contributed by atoms with Gasteiger partial charge in [-0.2, -0.15) is 0 Å². The Labute approximate surface area is 165 Å². The number of benzene rings is 1. The number of rotatable bonds is 3. The molecule has 28 heavy (non-hydrogen) atoms. The van der Waals surface area contributed by atoms with Crippen LogP contribution in [-0.4, -0.2) is 71.1 Å². The molecule has 0 saturated carbocycles. The Morgan fingerprint density at radius 2 is 1.82 bits per heavy atom. The minimum absolute atomic E-state index is 0.0105. The summed E-state index contributed by atoms with van der Waals surface area (Å²) in [6.45, 7) is 8.35. The molecule has 2 aromatic rings. The third kappa shape index (κ3) is 3.39. The van der Waals surface area contributed by atoms with Gasteiger partial charge in [-0.15, -0.1) is 0 Å². The number of carbonyl (C=O) groups excluding carboxylic acids is 1. The van der Waals surface area contributed by atoms with Crippen LogP contribution in [0.15, 0.2) is 29.3 Å². The molecule has 0 radical (unpaired) electrons. The van der Waals surface area contributed by atoms with E-state index in [4.69, 9.17) is 0 Å². The number of amides is 1. The van der Waals surface area contributed by atoms with E-state index in [1.54, 1.807) is 10.9 Å². The normalized spacial score (nSPS) is 21.7. The van der Waals surface area contributed by atoms with E-state index in [0.717, 1.165) is 56.8 Å². The summed E-state index contributed by atoms with van der Waals surface area (Å²) in [5.74, 6) is 0.260. The Morgan fingerprint density at radius 1 is 1.07 bits per heavy atom. The predicted molar refractivity (Wildman–Crippen MR) is 111 cm³/mol. The third-order valence-electron chi connectivity index (χ3n) is 6.08. The molecule has 2 saturated heterocycles. The molecular weight excluding hydrogens is 354 g/mol. The topological polar surface area (TPSA) is 61.7 Å². The van der Waals surface area contributed by atoms with Gasteiger partial charge in [-0.1, -0.05) is 0 Å². The molecule has 2 fully saturated rings. The molecule has 4 rings (SSSR count). The van der Waals surface area contributed by atoms with Gasteiger partial charge in [0.25, 0.3) is 5.56 Å². The Morgan fingerprint density at radius 3 is 2.54 bits per heavy atom. The minimum atomic E-state index is 0.0105. The van der Waals surface area contributed by atoms with Gasteiger partial charge in [0, 0.05) is 51.5 Å². The second-order valence-corrected chi connectivity index (χ2v) is 8.19. The molecule has 1 aromatic heterocycles. The van der Waals surface area contributed by atoms with E-state index in [2.05, 4.69) is 14.8 Å². The fraction of sp³-hybridized carbons (Fsp3) is 0.571. The lowest BCUT2D eigenvalue weighted by Crippen LogP contribution is -2.57. The highest BCUT2D eigenvalue weighted by Gasteiger charge is 2.33. The van der Waals surface area contributed by atoms with Crippen molar-refractivity contribution in [2.75, 3.05) is 44.7 Å². The molecule has 0 spiro atoms. The van der Waals surface area contributed by atoms with E-state index in [1.807, 2.05) is 44.0 Å². The molecular formula is C21H29N5O2. The third-order valence-corrected chi connectivity index (χ3v) is 6.08. The SMILES string of the molecule is CC(C)n1cnc2cc(N3CCN(C4CCCN(C)C4=O)CC3)ccc2c1=O. The van der Waals surface area contributed by atoms with Crippen LogP contribution in [0.3, 0.4) is 0 Å². The molecule has 1 aromatic carbocycles. The quantitative estimate of drug-likeness (QED) is 0.808. The van der Waals surface area contributed by atoms with Gasteiger partial charge in [0.15, 0.2) is 0 Å². The summed E-state index contributed by atoms with van der Waals surface area (Å²) < 4.78 is 1.67. The monoisotopic (exact) mass is 383 g/mol. The fourth-order valence-corrected chi connectivity index (χ4v) is 4.33. The highest BCUT2D eigenvalue weighted by atomic mass is 16.2. The number of hydrogen-bond acceptors (Lipinski definition) is 5. The predicted octanol–water partition coefficient (Wildman–Crippen LogP) is 1.72. The van der Waals surface area contributed by atoms with Crippen molar-refractivity contribution in [3.63, 3.8) is 0 Å². The Hall–Kier alpha value is -2.41. The fourth-order valence-electron chi connectivity index (χ4n) is 4.33. The molecule has 150 valence electrons. The highest BCUT2D eigenvalue weighted by molar-refractivity contribution is 5.83.